The van der Waals surface area contributed by atoms with E-state index in [1.54, 1.807) is 0 Å². The van der Waals surface area contributed by atoms with Crippen LogP contribution in [0.1, 0.15) is 15.5 Å². The number of hydrogen-bond donors (Lipinski definition) is 2. The van der Waals surface area contributed by atoms with E-state index < -0.39 is 10.9 Å². The number of aromatic carboxylic acids is 1. The van der Waals surface area contributed by atoms with Gasteiger partial charge in [0.1, 0.15) is 16.9 Å². The average molecular weight is 359 g/mol. The van der Waals surface area contributed by atoms with E-state index in [0.717, 1.165) is 17.5 Å². The van der Waals surface area contributed by atoms with Gasteiger partial charge in [-0.1, -0.05) is 0 Å². The van der Waals surface area contributed by atoms with Gasteiger partial charge in [-0.3, -0.25) is 15.1 Å². The van der Waals surface area contributed by atoms with Crippen molar-refractivity contribution in [2.24, 2.45) is 0 Å². The molecule has 0 bridgehead atoms. The second-order valence-electron chi connectivity index (χ2n) is 3.56. The summed E-state index contributed by atoms with van der Waals surface area (Å²) in [4.78, 5) is 28.7. The van der Waals surface area contributed by atoms with E-state index in [0.29, 0.717) is 9.48 Å². The quantitative estimate of drug-likeness (QED) is 0.622. The third-order valence-corrected chi connectivity index (χ3v) is 3.71. The zero-order chi connectivity index (χ0) is 14.7. The van der Waals surface area contributed by atoms with Gasteiger partial charge in [0.25, 0.3) is 0 Å². The first-order chi connectivity index (χ1) is 9.49. The second kappa shape index (κ2) is 5.92. The van der Waals surface area contributed by atoms with Crippen molar-refractivity contribution in [3.63, 3.8) is 0 Å². The molecule has 2 rings (SSSR count). The Labute approximate surface area is 124 Å². The van der Waals surface area contributed by atoms with Crippen LogP contribution in [0.3, 0.4) is 0 Å². The molecule has 104 valence electrons. The third kappa shape index (κ3) is 3.08. The van der Waals surface area contributed by atoms with E-state index in [9.17, 15) is 14.9 Å². The number of carboxylic acid groups (broad SMARTS) is 1. The molecule has 0 unspecified atom stereocenters. The lowest BCUT2D eigenvalue weighted by Gasteiger charge is -2.06. The Morgan fingerprint density at radius 2 is 2.30 bits per heavy atom. The molecule has 0 atom stereocenters. The number of nitrogens with zero attached hydrogens (tertiary/aromatic N) is 3. The Balaban J connectivity index is 2.18. The number of pyridine rings is 1. The average Bonchev–Trinajstić information content (AvgIpc) is 2.86. The van der Waals surface area contributed by atoms with Crippen molar-refractivity contribution in [3.8, 4) is 0 Å². The number of aromatic nitrogens is 2. The van der Waals surface area contributed by atoms with Crippen molar-refractivity contribution in [2.45, 2.75) is 6.54 Å². The number of halogens is 1. The molecule has 2 heterocycles. The van der Waals surface area contributed by atoms with Gasteiger partial charge in [0, 0.05) is 11.6 Å². The molecule has 2 aromatic heterocycles. The maximum atomic E-state index is 10.9. The summed E-state index contributed by atoms with van der Waals surface area (Å²) in [6, 6.07) is 0. The number of rotatable bonds is 5. The number of nitro groups is 1. The van der Waals surface area contributed by atoms with E-state index in [-0.39, 0.29) is 23.6 Å². The number of carbonyl (C=O) groups is 1. The summed E-state index contributed by atoms with van der Waals surface area (Å²) in [5, 5.41) is 24.4. The summed E-state index contributed by atoms with van der Waals surface area (Å²) in [6.07, 6.45) is 2.57. The smallest absolute Gasteiger partial charge is 0.355 e. The van der Waals surface area contributed by atoms with Crippen LogP contribution in [0, 0.1) is 10.1 Å². The Bertz CT molecular complexity index is 675. The number of nitrogens with one attached hydrogen (secondary N) is 1. The van der Waals surface area contributed by atoms with Gasteiger partial charge in [0.15, 0.2) is 5.69 Å². The van der Waals surface area contributed by atoms with Crippen molar-refractivity contribution in [1.82, 2.24) is 9.97 Å². The lowest BCUT2D eigenvalue weighted by Crippen LogP contribution is -2.04. The molecule has 20 heavy (non-hydrogen) atoms. The van der Waals surface area contributed by atoms with Crippen molar-refractivity contribution in [3.05, 3.63) is 43.1 Å². The van der Waals surface area contributed by atoms with Gasteiger partial charge in [-0.15, -0.1) is 11.3 Å². The van der Waals surface area contributed by atoms with Gasteiger partial charge in [0.05, 0.1) is 15.9 Å². The molecule has 2 N–H and O–H groups in total. The first-order valence-electron chi connectivity index (χ1n) is 5.18. The number of hydrogen-bond acceptors (Lipinski definition) is 7. The first-order valence-corrected chi connectivity index (χ1v) is 6.85. The molecule has 0 amide bonds. The predicted molar refractivity (Wildman–Crippen MR) is 75.0 cm³/mol. The summed E-state index contributed by atoms with van der Waals surface area (Å²) < 4.78 is 0.446. The highest BCUT2D eigenvalue weighted by atomic mass is 79.9. The molecule has 10 heteroatoms. The summed E-state index contributed by atoms with van der Waals surface area (Å²) in [6.45, 7) is 0.182. The normalized spacial score (nSPS) is 10.2. The fourth-order valence-corrected chi connectivity index (χ4v) is 2.56. The summed E-state index contributed by atoms with van der Waals surface area (Å²) >= 11 is 4.34. The lowest BCUT2D eigenvalue weighted by atomic mass is 10.3. The summed E-state index contributed by atoms with van der Waals surface area (Å²) in [7, 11) is 0. The molecule has 0 fully saturated rings. The van der Waals surface area contributed by atoms with Crippen LogP contribution in [0.5, 0.6) is 0 Å². The number of anilines is 1. The van der Waals surface area contributed by atoms with Gasteiger partial charge < -0.3 is 10.4 Å². The first kappa shape index (κ1) is 14.3. The minimum Gasteiger partial charge on any atom is -0.476 e. The Kier molecular flexibility index (Phi) is 4.25. The maximum absolute atomic E-state index is 10.9. The van der Waals surface area contributed by atoms with Crippen molar-refractivity contribution in [1.29, 1.82) is 0 Å². The Hall–Kier alpha value is -2.07. The van der Waals surface area contributed by atoms with Crippen LogP contribution in [-0.4, -0.2) is 26.0 Å². The van der Waals surface area contributed by atoms with Crippen LogP contribution < -0.4 is 5.32 Å². The summed E-state index contributed by atoms with van der Waals surface area (Å²) in [5.74, 6) is -1.11. The van der Waals surface area contributed by atoms with E-state index in [2.05, 4.69) is 31.2 Å². The van der Waals surface area contributed by atoms with Crippen LogP contribution in [0.25, 0.3) is 0 Å². The third-order valence-electron chi connectivity index (χ3n) is 2.26. The van der Waals surface area contributed by atoms with Gasteiger partial charge >= 0.3 is 11.7 Å². The van der Waals surface area contributed by atoms with Crippen LogP contribution in [0.4, 0.5) is 11.4 Å². The summed E-state index contributed by atoms with van der Waals surface area (Å²) in [5.41, 5.74) is 0.0570. The van der Waals surface area contributed by atoms with Crippen LogP contribution in [0.2, 0.25) is 0 Å². The largest absolute Gasteiger partial charge is 0.476 e. The molecule has 0 aliphatic heterocycles. The predicted octanol–water partition coefficient (Wildman–Crippen LogP) is 2.52. The highest BCUT2D eigenvalue weighted by Crippen LogP contribution is 2.31. The topological polar surface area (TPSA) is 118 Å². The minimum absolute atomic E-state index is 0.0462. The molecular formula is C10H7BrN4O4S. The van der Waals surface area contributed by atoms with Crippen LogP contribution >= 0.6 is 27.3 Å². The van der Waals surface area contributed by atoms with Crippen LogP contribution in [-0.2, 0) is 6.54 Å². The van der Waals surface area contributed by atoms with Gasteiger partial charge in [-0.05, 0) is 15.9 Å². The minimum atomic E-state index is -1.11. The standard InChI is InChI=1S/C10H7BrN4O4S/c11-5-1-12-2-7(15(18)19)9(5)13-3-8-14-6(4-20-8)10(16)17/h1-2,4H,3H2,(H,12,13)(H,16,17). The molecule has 0 aromatic carbocycles. The number of carboxylic acids is 1. The van der Waals surface area contributed by atoms with Gasteiger partial charge in [-0.2, -0.15) is 0 Å². The van der Waals surface area contributed by atoms with Gasteiger partial charge in [0.2, 0.25) is 0 Å². The van der Waals surface area contributed by atoms with E-state index in [4.69, 9.17) is 5.11 Å². The Morgan fingerprint density at radius 3 is 2.90 bits per heavy atom. The highest BCUT2D eigenvalue weighted by molar-refractivity contribution is 9.10. The molecule has 0 aliphatic rings. The van der Waals surface area contributed by atoms with E-state index in [1.807, 2.05) is 0 Å². The van der Waals surface area contributed by atoms with Crippen molar-refractivity contribution < 1.29 is 14.8 Å². The van der Waals surface area contributed by atoms with Crippen molar-refractivity contribution >= 4 is 44.6 Å². The fraction of sp³-hybridized carbons (Fsp3) is 0.100. The second-order valence-corrected chi connectivity index (χ2v) is 5.35. The molecule has 0 saturated heterocycles. The molecular weight excluding hydrogens is 352 g/mol. The molecule has 2 aromatic rings. The zero-order valence-electron chi connectivity index (χ0n) is 9.74. The molecule has 0 saturated carbocycles. The van der Waals surface area contributed by atoms with E-state index >= 15 is 0 Å². The van der Waals surface area contributed by atoms with E-state index in [1.165, 1.54) is 11.6 Å². The maximum Gasteiger partial charge on any atom is 0.355 e. The number of thiazole rings is 1. The zero-order valence-corrected chi connectivity index (χ0v) is 12.1. The molecule has 0 spiro atoms. The molecule has 0 aliphatic carbocycles. The fourth-order valence-electron chi connectivity index (χ4n) is 1.39. The highest BCUT2D eigenvalue weighted by Gasteiger charge is 2.17. The Morgan fingerprint density at radius 1 is 1.55 bits per heavy atom. The monoisotopic (exact) mass is 358 g/mol. The SMILES string of the molecule is O=C(O)c1csc(CNc2c(Br)cncc2[N+](=O)[O-])n1. The van der Waals surface area contributed by atoms with Crippen LogP contribution in [0.15, 0.2) is 22.2 Å². The van der Waals surface area contributed by atoms with Gasteiger partial charge in [-0.25, -0.2) is 9.78 Å². The lowest BCUT2D eigenvalue weighted by molar-refractivity contribution is -0.384. The van der Waals surface area contributed by atoms with Crippen molar-refractivity contribution in [2.75, 3.05) is 5.32 Å². The molecule has 0 radical (unpaired) electrons. The molecule has 8 nitrogen and oxygen atoms in total.